The van der Waals surface area contributed by atoms with Gasteiger partial charge in [-0.15, -0.1) is 11.3 Å². The Balaban J connectivity index is 2.93. The minimum absolute atomic E-state index is 0.0903. The van der Waals surface area contributed by atoms with Crippen LogP contribution in [0.15, 0.2) is 11.4 Å². The first-order valence-corrected chi connectivity index (χ1v) is 5.40. The van der Waals surface area contributed by atoms with E-state index in [1.807, 2.05) is 18.4 Å². The first-order chi connectivity index (χ1) is 6.57. The highest BCUT2D eigenvalue weighted by Crippen LogP contribution is 2.29. The Kier molecular flexibility index (Phi) is 3.66. The summed E-state index contributed by atoms with van der Waals surface area (Å²) in [6.45, 7) is 3.73. The molecular weight excluding hydrogens is 198 g/mol. The molecule has 2 N–H and O–H groups in total. The quantitative estimate of drug-likeness (QED) is 0.804. The second-order valence-corrected chi connectivity index (χ2v) is 4.31. The molecule has 3 nitrogen and oxygen atoms in total. The number of aryl methyl sites for hydroxylation is 1. The van der Waals surface area contributed by atoms with Gasteiger partial charge in [0.15, 0.2) is 0 Å². The number of thiophene rings is 1. The Morgan fingerprint density at radius 3 is 2.64 bits per heavy atom. The Labute approximate surface area is 87.8 Å². The molecule has 0 spiro atoms. The van der Waals surface area contributed by atoms with Crippen LogP contribution in [0.1, 0.15) is 23.4 Å². The minimum atomic E-state index is -0.767. The van der Waals surface area contributed by atoms with E-state index >= 15 is 0 Å². The van der Waals surface area contributed by atoms with Gasteiger partial charge in [0.1, 0.15) is 0 Å². The number of carboxylic acid groups (broad SMARTS) is 1. The topological polar surface area (TPSA) is 49.3 Å². The lowest BCUT2D eigenvalue weighted by atomic mass is 9.99. The average molecular weight is 213 g/mol. The van der Waals surface area contributed by atoms with Crippen LogP contribution < -0.4 is 5.32 Å². The number of hydrogen-bond donors (Lipinski definition) is 2. The molecule has 4 heteroatoms. The van der Waals surface area contributed by atoms with Crippen LogP contribution in [0.2, 0.25) is 0 Å². The van der Waals surface area contributed by atoms with E-state index in [1.54, 1.807) is 25.3 Å². The van der Waals surface area contributed by atoms with Gasteiger partial charge in [0.05, 0.1) is 12.0 Å². The highest BCUT2D eigenvalue weighted by Gasteiger charge is 2.25. The van der Waals surface area contributed by atoms with Crippen LogP contribution in [-0.2, 0) is 4.79 Å². The molecule has 0 bridgehead atoms. The second-order valence-electron chi connectivity index (χ2n) is 3.36. The number of aliphatic carboxylic acids is 1. The van der Waals surface area contributed by atoms with E-state index in [0.29, 0.717) is 0 Å². The molecular formula is C10H15NO2S. The molecule has 14 heavy (non-hydrogen) atoms. The van der Waals surface area contributed by atoms with Crippen molar-refractivity contribution in [2.24, 2.45) is 5.92 Å². The van der Waals surface area contributed by atoms with Crippen molar-refractivity contribution in [2.45, 2.75) is 19.9 Å². The van der Waals surface area contributed by atoms with Crippen LogP contribution in [-0.4, -0.2) is 18.1 Å². The summed E-state index contributed by atoms with van der Waals surface area (Å²) in [4.78, 5) is 12.0. The summed E-state index contributed by atoms with van der Waals surface area (Å²) in [5, 5.41) is 14.0. The third kappa shape index (κ3) is 2.13. The van der Waals surface area contributed by atoms with Crippen LogP contribution in [0.5, 0.6) is 0 Å². The van der Waals surface area contributed by atoms with E-state index < -0.39 is 11.9 Å². The molecule has 0 saturated carbocycles. The zero-order valence-corrected chi connectivity index (χ0v) is 9.39. The molecule has 1 rings (SSSR count). The number of carbonyl (C=O) groups is 1. The maximum atomic E-state index is 10.9. The largest absolute Gasteiger partial charge is 0.481 e. The molecule has 1 aromatic rings. The number of carboxylic acids is 1. The van der Waals surface area contributed by atoms with Gasteiger partial charge in [0, 0.05) is 4.88 Å². The Hall–Kier alpha value is -0.870. The van der Waals surface area contributed by atoms with E-state index in [9.17, 15) is 4.79 Å². The molecule has 1 aromatic heterocycles. The molecule has 2 unspecified atom stereocenters. The van der Waals surface area contributed by atoms with Gasteiger partial charge >= 0.3 is 5.97 Å². The van der Waals surface area contributed by atoms with Crippen LogP contribution in [0.4, 0.5) is 0 Å². The van der Waals surface area contributed by atoms with E-state index in [4.69, 9.17) is 5.11 Å². The third-order valence-corrected chi connectivity index (χ3v) is 3.49. The SMILES string of the molecule is CNC(c1sccc1C)C(C)C(=O)O. The van der Waals surface area contributed by atoms with Crippen molar-refractivity contribution in [1.82, 2.24) is 5.32 Å². The smallest absolute Gasteiger partial charge is 0.308 e. The maximum absolute atomic E-state index is 10.9. The Morgan fingerprint density at radius 1 is 1.64 bits per heavy atom. The molecule has 1 heterocycles. The highest BCUT2D eigenvalue weighted by molar-refractivity contribution is 7.10. The van der Waals surface area contributed by atoms with Gasteiger partial charge < -0.3 is 10.4 Å². The van der Waals surface area contributed by atoms with Crippen molar-refractivity contribution >= 4 is 17.3 Å². The molecule has 2 atom stereocenters. The fourth-order valence-electron chi connectivity index (χ4n) is 1.45. The third-order valence-electron chi connectivity index (χ3n) is 2.38. The molecule has 0 amide bonds. The van der Waals surface area contributed by atoms with E-state index in [1.165, 1.54) is 0 Å². The van der Waals surface area contributed by atoms with Crippen LogP contribution >= 0.6 is 11.3 Å². The maximum Gasteiger partial charge on any atom is 0.308 e. The predicted molar refractivity (Wildman–Crippen MR) is 57.7 cm³/mol. The van der Waals surface area contributed by atoms with Crippen molar-refractivity contribution < 1.29 is 9.90 Å². The summed E-state index contributed by atoms with van der Waals surface area (Å²) in [5.74, 6) is -1.17. The number of hydrogen-bond acceptors (Lipinski definition) is 3. The van der Waals surface area contributed by atoms with Gasteiger partial charge in [-0.25, -0.2) is 0 Å². The molecule has 0 aromatic carbocycles. The van der Waals surface area contributed by atoms with Gasteiger partial charge in [-0.1, -0.05) is 6.92 Å². The zero-order chi connectivity index (χ0) is 10.7. The summed E-state index contributed by atoms with van der Waals surface area (Å²) in [7, 11) is 1.79. The zero-order valence-electron chi connectivity index (χ0n) is 8.57. The molecule has 78 valence electrons. The standard InChI is InChI=1S/C10H15NO2S/c1-6-4-5-14-9(6)8(11-3)7(2)10(12)13/h4-5,7-8,11H,1-3H3,(H,12,13). The normalized spacial score (nSPS) is 15.1. The summed E-state index contributed by atoms with van der Waals surface area (Å²) in [6, 6.07) is 1.92. The summed E-state index contributed by atoms with van der Waals surface area (Å²) < 4.78 is 0. The second kappa shape index (κ2) is 4.57. The fraction of sp³-hybridized carbons (Fsp3) is 0.500. The predicted octanol–water partition coefficient (Wildman–Crippen LogP) is 2.04. The van der Waals surface area contributed by atoms with Crippen molar-refractivity contribution in [2.75, 3.05) is 7.05 Å². The van der Waals surface area contributed by atoms with Crippen LogP contribution in [0, 0.1) is 12.8 Å². The van der Waals surface area contributed by atoms with Gasteiger partial charge in [-0.3, -0.25) is 4.79 Å². The van der Waals surface area contributed by atoms with Crippen molar-refractivity contribution in [3.05, 3.63) is 21.9 Å². The van der Waals surface area contributed by atoms with Crippen molar-refractivity contribution in [3.63, 3.8) is 0 Å². The van der Waals surface area contributed by atoms with Gasteiger partial charge in [-0.05, 0) is 31.0 Å². The van der Waals surface area contributed by atoms with Crippen molar-refractivity contribution in [1.29, 1.82) is 0 Å². The molecule has 0 fully saturated rings. The first kappa shape index (κ1) is 11.2. The Morgan fingerprint density at radius 2 is 2.29 bits per heavy atom. The van der Waals surface area contributed by atoms with Crippen molar-refractivity contribution in [3.8, 4) is 0 Å². The van der Waals surface area contributed by atoms with Gasteiger partial charge in [0.25, 0.3) is 0 Å². The van der Waals surface area contributed by atoms with Gasteiger partial charge in [0.2, 0.25) is 0 Å². The highest BCUT2D eigenvalue weighted by atomic mass is 32.1. The molecule has 0 aliphatic rings. The lowest BCUT2D eigenvalue weighted by Gasteiger charge is -2.19. The first-order valence-electron chi connectivity index (χ1n) is 4.52. The molecule has 0 aliphatic heterocycles. The van der Waals surface area contributed by atoms with Crippen LogP contribution in [0.3, 0.4) is 0 Å². The lowest BCUT2D eigenvalue weighted by molar-refractivity contribution is -0.142. The van der Waals surface area contributed by atoms with E-state index in [-0.39, 0.29) is 6.04 Å². The number of rotatable bonds is 4. The fourth-order valence-corrected chi connectivity index (χ4v) is 2.60. The monoisotopic (exact) mass is 213 g/mol. The summed E-state index contributed by atoms with van der Waals surface area (Å²) in [5.41, 5.74) is 1.16. The average Bonchev–Trinajstić information content (AvgIpc) is 2.53. The molecule has 0 saturated heterocycles. The number of nitrogens with one attached hydrogen (secondary N) is 1. The minimum Gasteiger partial charge on any atom is -0.481 e. The Bertz CT molecular complexity index is 322. The van der Waals surface area contributed by atoms with Crippen LogP contribution in [0.25, 0.3) is 0 Å². The molecule has 0 aliphatic carbocycles. The molecule has 0 radical (unpaired) electrons. The van der Waals surface area contributed by atoms with E-state index in [2.05, 4.69) is 5.32 Å². The lowest BCUT2D eigenvalue weighted by Crippen LogP contribution is -2.28. The summed E-state index contributed by atoms with van der Waals surface area (Å²) in [6.07, 6.45) is 0. The summed E-state index contributed by atoms with van der Waals surface area (Å²) >= 11 is 1.60. The van der Waals surface area contributed by atoms with Gasteiger partial charge in [-0.2, -0.15) is 0 Å². The van der Waals surface area contributed by atoms with E-state index in [0.717, 1.165) is 10.4 Å².